The second-order valence-corrected chi connectivity index (χ2v) is 7.40. The fourth-order valence-electron chi connectivity index (χ4n) is 3.29. The molecular formula is C26H20N2O8. The maximum absolute atomic E-state index is 12.5. The summed E-state index contributed by atoms with van der Waals surface area (Å²) in [7, 11) is 1.54. The number of rotatable bonds is 8. The number of esters is 2. The third kappa shape index (κ3) is 5.39. The molecule has 3 aromatic carbocycles. The lowest BCUT2D eigenvalue weighted by Gasteiger charge is -2.11. The third-order valence-electron chi connectivity index (χ3n) is 5.02. The Morgan fingerprint density at radius 1 is 1.08 bits per heavy atom. The second-order valence-electron chi connectivity index (χ2n) is 7.40. The highest BCUT2D eigenvalue weighted by Crippen LogP contribution is 2.31. The number of aliphatic imine (C=N–C) groups is 1. The molecule has 0 saturated heterocycles. The Kier molecular flexibility index (Phi) is 7.05. The second kappa shape index (κ2) is 10.5. The van der Waals surface area contributed by atoms with Crippen LogP contribution in [0.4, 0.5) is 5.69 Å². The minimum Gasteiger partial charge on any atom is -0.497 e. The predicted octanol–water partition coefficient (Wildman–Crippen LogP) is 4.57. The fraction of sp³-hybridized carbons (Fsp3) is 0.115. The summed E-state index contributed by atoms with van der Waals surface area (Å²) in [5.41, 5.74) is 1.25. The number of ether oxygens (including phenoxy) is 4. The topological polar surface area (TPSA) is 127 Å². The standard InChI is InChI=1S/C26H20N2O8/c1-3-34-23-14-16(7-12-22(23)35-25(29)17-8-10-19(11-9-17)28(31)32)13-21-26(30)36-24(27-21)18-5-4-6-20(15-18)33-2/h4-15H,3H2,1-2H3/b21-13-. The Bertz CT molecular complexity index is 1390. The van der Waals surface area contributed by atoms with E-state index in [0.29, 0.717) is 23.5 Å². The maximum atomic E-state index is 12.5. The molecule has 10 heteroatoms. The molecule has 0 aromatic heterocycles. The largest absolute Gasteiger partial charge is 0.497 e. The van der Waals surface area contributed by atoms with Crippen molar-refractivity contribution < 1.29 is 33.5 Å². The minimum absolute atomic E-state index is 0.0888. The number of carbonyl (C=O) groups is 2. The molecule has 3 aromatic rings. The molecule has 0 fully saturated rings. The first-order chi connectivity index (χ1) is 17.4. The van der Waals surface area contributed by atoms with Gasteiger partial charge in [0, 0.05) is 17.7 Å². The van der Waals surface area contributed by atoms with Gasteiger partial charge < -0.3 is 18.9 Å². The number of hydrogen-bond donors (Lipinski definition) is 0. The van der Waals surface area contributed by atoms with Crippen molar-refractivity contribution in [3.05, 3.63) is 99.2 Å². The van der Waals surface area contributed by atoms with E-state index < -0.39 is 16.9 Å². The summed E-state index contributed by atoms with van der Waals surface area (Å²) in [5, 5.41) is 10.8. The molecule has 0 aliphatic carbocycles. The summed E-state index contributed by atoms with van der Waals surface area (Å²) < 4.78 is 21.5. The molecule has 0 atom stereocenters. The van der Waals surface area contributed by atoms with Crippen molar-refractivity contribution >= 4 is 29.6 Å². The van der Waals surface area contributed by atoms with Crippen molar-refractivity contribution in [2.24, 2.45) is 4.99 Å². The number of hydrogen-bond acceptors (Lipinski definition) is 9. The van der Waals surface area contributed by atoms with Gasteiger partial charge in [-0.15, -0.1) is 0 Å². The van der Waals surface area contributed by atoms with Gasteiger partial charge in [-0.2, -0.15) is 0 Å². The summed E-state index contributed by atoms with van der Waals surface area (Å²) >= 11 is 0. The van der Waals surface area contributed by atoms with Gasteiger partial charge in [-0.3, -0.25) is 10.1 Å². The van der Waals surface area contributed by atoms with Crippen molar-refractivity contribution in [2.45, 2.75) is 6.92 Å². The smallest absolute Gasteiger partial charge is 0.363 e. The Labute approximate surface area is 205 Å². The van der Waals surface area contributed by atoms with Crippen molar-refractivity contribution in [1.29, 1.82) is 0 Å². The van der Waals surface area contributed by atoms with Crippen LogP contribution in [0.5, 0.6) is 17.2 Å². The van der Waals surface area contributed by atoms with Crippen molar-refractivity contribution in [3.8, 4) is 17.2 Å². The van der Waals surface area contributed by atoms with Crippen LogP contribution >= 0.6 is 0 Å². The molecule has 0 saturated carbocycles. The van der Waals surface area contributed by atoms with E-state index in [1.54, 1.807) is 43.3 Å². The number of carbonyl (C=O) groups excluding carboxylic acids is 2. The lowest BCUT2D eigenvalue weighted by atomic mass is 10.1. The van der Waals surface area contributed by atoms with Crippen molar-refractivity contribution in [2.75, 3.05) is 13.7 Å². The lowest BCUT2D eigenvalue weighted by Crippen LogP contribution is -2.10. The molecule has 0 amide bonds. The number of nitro benzene ring substituents is 1. The van der Waals surface area contributed by atoms with E-state index in [2.05, 4.69) is 4.99 Å². The van der Waals surface area contributed by atoms with E-state index in [1.165, 1.54) is 43.5 Å². The zero-order chi connectivity index (χ0) is 25.7. The maximum Gasteiger partial charge on any atom is 0.363 e. The highest BCUT2D eigenvalue weighted by atomic mass is 16.6. The molecule has 0 bridgehead atoms. The van der Waals surface area contributed by atoms with E-state index in [4.69, 9.17) is 18.9 Å². The molecule has 182 valence electrons. The number of benzene rings is 3. The van der Waals surface area contributed by atoms with Gasteiger partial charge in [-0.25, -0.2) is 14.6 Å². The molecule has 0 radical (unpaired) electrons. The first kappa shape index (κ1) is 24.1. The van der Waals surface area contributed by atoms with Crippen molar-refractivity contribution in [3.63, 3.8) is 0 Å². The number of nitrogens with zero attached hydrogens (tertiary/aromatic N) is 2. The van der Waals surface area contributed by atoms with Gasteiger partial charge in [0.25, 0.3) is 5.69 Å². The molecule has 1 heterocycles. The zero-order valence-electron chi connectivity index (χ0n) is 19.3. The molecule has 1 aliphatic rings. The molecule has 0 unspecified atom stereocenters. The van der Waals surface area contributed by atoms with Crippen LogP contribution < -0.4 is 14.2 Å². The zero-order valence-corrected chi connectivity index (χ0v) is 19.3. The SMILES string of the molecule is CCOc1cc(/C=C2\N=C(c3cccc(OC)c3)OC2=O)ccc1OC(=O)c1ccc([N+](=O)[O-])cc1. The normalized spacial score (nSPS) is 13.7. The fourth-order valence-corrected chi connectivity index (χ4v) is 3.29. The monoisotopic (exact) mass is 488 g/mol. The van der Waals surface area contributed by atoms with Gasteiger partial charge in [0.05, 0.1) is 24.2 Å². The van der Waals surface area contributed by atoms with Gasteiger partial charge in [-0.1, -0.05) is 12.1 Å². The molecule has 0 N–H and O–H groups in total. The van der Waals surface area contributed by atoms with Gasteiger partial charge in [0.1, 0.15) is 5.75 Å². The summed E-state index contributed by atoms with van der Waals surface area (Å²) in [6.45, 7) is 2.06. The van der Waals surface area contributed by atoms with Gasteiger partial charge in [0.15, 0.2) is 17.2 Å². The van der Waals surface area contributed by atoms with Crippen LogP contribution in [0.2, 0.25) is 0 Å². The predicted molar refractivity (Wildman–Crippen MR) is 129 cm³/mol. The first-order valence-corrected chi connectivity index (χ1v) is 10.8. The summed E-state index contributed by atoms with van der Waals surface area (Å²) in [4.78, 5) is 39.5. The average Bonchev–Trinajstić information content (AvgIpc) is 3.25. The van der Waals surface area contributed by atoms with Gasteiger partial charge in [0.2, 0.25) is 5.90 Å². The average molecular weight is 488 g/mol. The Morgan fingerprint density at radius 3 is 2.56 bits per heavy atom. The Balaban J connectivity index is 1.57. The quantitative estimate of drug-likeness (QED) is 0.148. The van der Waals surface area contributed by atoms with Gasteiger partial charge in [-0.05, 0) is 61.0 Å². The number of nitro groups is 1. The summed E-state index contributed by atoms with van der Waals surface area (Å²) in [6, 6.07) is 16.8. The molecular weight excluding hydrogens is 468 g/mol. The first-order valence-electron chi connectivity index (χ1n) is 10.8. The van der Waals surface area contributed by atoms with Crippen LogP contribution in [0, 0.1) is 10.1 Å². The molecule has 0 spiro atoms. The van der Waals surface area contributed by atoms with Crippen LogP contribution in [0.15, 0.2) is 77.4 Å². The number of cyclic esters (lactones) is 1. The van der Waals surface area contributed by atoms with Crippen LogP contribution in [0.3, 0.4) is 0 Å². The van der Waals surface area contributed by atoms with Crippen LogP contribution in [0.1, 0.15) is 28.4 Å². The van der Waals surface area contributed by atoms with E-state index in [9.17, 15) is 19.7 Å². The lowest BCUT2D eigenvalue weighted by molar-refractivity contribution is -0.384. The Hall–Kier alpha value is -4.99. The van der Waals surface area contributed by atoms with Crippen LogP contribution in [-0.4, -0.2) is 36.5 Å². The highest BCUT2D eigenvalue weighted by Gasteiger charge is 2.25. The van der Waals surface area contributed by atoms with Crippen LogP contribution in [0.25, 0.3) is 6.08 Å². The minimum atomic E-state index is -0.705. The van der Waals surface area contributed by atoms with E-state index in [1.807, 2.05) is 0 Å². The van der Waals surface area contributed by atoms with E-state index >= 15 is 0 Å². The highest BCUT2D eigenvalue weighted by molar-refractivity contribution is 6.13. The van der Waals surface area contributed by atoms with Crippen LogP contribution in [-0.2, 0) is 9.53 Å². The molecule has 4 rings (SSSR count). The summed E-state index contributed by atoms with van der Waals surface area (Å²) in [5.74, 6) is -0.140. The molecule has 10 nitrogen and oxygen atoms in total. The molecule has 1 aliphatic heterocycles. The number of non-ortho nitro benzene ring substituents is 1. The summed E-state index contributed by atoms with van der Waals surface area (Å²) in [6.07, 6.45) is 1.53. The third-order valence-corrected chi connectivity index (χ3v) is 5.02. The van der Waals surface area contributed by atoms with Crippen molar-refractivity contribution in [1.82, 2.24) is 0 Å². The Morgan fingerprint density at radius 2 is 1.86 bits per heavy atom. The van der Waals surface area contributed by atoms with E-state index in [0.717, 1.165) is 0 Å². The molecule has 36 heavy (non-hydrogen) atoms. The van der Waals surface area contributed by atoms with E-state index in [-0.39, 0.29) is 34.3 Å². The number of methoxy groups -OCH3 is 1. The van der Waals surface area contributed by atoms with Gasteiger partial charge >= 0.3 is 11.9 Å².